The number of aromatic nitrogens is 1. The maximum atomic E-state index is 12.3. The third-order valence-corrected chi connectivity index (χ3v) is 3.62. The highest BCUT2D eigenvalue weighted by Gasteiger charge is 2.20. The number of rotatable bonds is 3. The predicted octanol–water partition coefficient (Wildman–Crippen LogP) is 4.28. The second-order valence-electron chi connectivity index (χ2n) is 4.73. The largest absolute Gasteiger partial charge is 0.504 e. The molecule has 3 rings (SSSR count). The number of hydrogen-bond acceptors (Lipinski definition) is 6. The maximum Gasteiger partial charge on any atom is 0.343 e. The Labute approximate surface area is 145 Å². The SMILES string of the molecule is O=C(Oc1c(Cl)cc(Cl)cc1-c1ccno1)c1ccc(O)c(O)c1. The third-order valence-electron chi connectivity index (χ3n) is 3.12. The molecule has 6 nitrogen and oxygen atoms in total. The topological polar surface area (TPSA) is 92.8 Å². The highest BCUT2D eigenvalue weighted by Crippen LogP contribution is 2.39. The molecule has 2 aromatic carbocycles. The second kappa shape index (κ2) is 6.43. The Morgan fingerprint density at radius 3 is 2.54 bits per heavy atom. The van der Waals surface area contributed by atoms with Gasteiger partial charge in [0.2, 0.25) is 0 Å². The number of carbonyl (C=O) groups excluding carboxylic acids is 1. The molecule has 0 aliphatic carbocycles. The van der Waals surface area contributed by atoms with Gasteiger partial charge in [0.05, 0.1) is 22.3 Å². The lowest BCUT2D eigenvalue weighted by molar-refractivity contribution is 0.0735. The van der Waals surface area contributed by atoms with Gasteiger partial charge < -0.3 is 19.5 Å². The summed E-state index contributed by atoms with van der Waals surface area (Å²) in [4.78, 5) is 12.3. The van der Waals surface area contributed by atoms with Crippen molar-refractivity contribution in [2.75, 3.05) is 0 Å². The molecule has 1 aromatic heterocycles. The lowest BCUT2D eigenvalue weighted by Gasteiger charge is -2.11. The Kier molecular flexibility index (Phi) is 4.33. The van der Waals surface area contributed by atoms with Crippen LogP contribution in [0.4, 0.5) is 0 Å². The van der Waals surface area contributed by atoms with Crippen molar-refractivity contribution in [1.82, 2.24) is 5.16 Å². The molecule has 3 aromatic rings. The average Bonchev–Trinajstić information content (AvgIpc) is 3.06. The van der Waals surface area contributed by atoms with Crippen LogP contribution in [0.15, 0.2) is 47.1 Å². The molecule has 0 aliphatic rings. The van der Waals surface area contributed by atoms with Gasteiger partial charge in [-0.15, -0.1) is 0 Å². The van der Waals surface area contributed by atoms with Gasteiger partial charge in [-0.1, -0.05) is 28.4 Å². The molecule has 2 N–H and O–H groups in total. The predicted molar refractivity (Wildman–Crippen MR) is 86.7 cm³/mol. The summed E-state index contributed by atoms with van der Waals surface area (Å²) in [5, 5.41) is 22.8. The summed E-state index contributed by atoms with van der Waals surface area (Å²) in [6.07, 6.45) is 1.42. The molecule has 122 valence electrons. The minimum atomic E-state index is -0.782. The van der Waals surface area contributed by atoms with Crippen LogP contribution in [0.25, 0.3) is 11.3 Å². The second-order valence-corrected chi connectivity index (χ2v) is 5.58. The minimum Gasteiger partial charge on any atom is -0.504 e. The molecule has 0 saturated heterocycles. The quantitative estimate of drug-likeness (QED) is 0.408. The highest BCUT2D eigenvalue weighted by atomic mass is 35.5. The van der Waals surface area contributed by atoms with E-state index in [2.05, 4.69) is 5.16 Å². The van der Waals surface area contributed by atoms with Crippen LogP contribution < -0.4 is 4.74 Å². The number of esters is 1. The molecule has 0 unspecified atom stereocenters. The van der Waals surface area contributed by atoms with E-state index in [4.69, 9.17) is 32.5 Å². The van der Waals surface area contributed by atoms with E-state index in [0.717, 1.165) is 6.07 Å². The van der Waals surface area contributed by atoms with Crippen molar-refractivity contribution in [3.8, 4) is 28.6 Å². The Hall–Kier alpha value is -2.70. The van der Waals surface area contributed by atoms with Gasteiger partial charge in [0.25, 0.3) is 0 Å². The maximum absolute atomic E-state index is 12.3. The molecule has 0 aliphatic heterocycles. The van der Waals surface area contributed by atoms with E-state index in [9.17, 15) is 15.0 Å². The molecular formula is C16H9Cl2NO5. The summed E-state index contributed by atoms with van der Waals surface area (Å²) in [5.74, 6) is -1.22. The summed E-state index contributed by atoms with van der Waals surface area (Å²) in [6, 6.07) is 8.05. The van der Waals surface area contributed by atoms with Crippen LogP contribution in [-0.4, -0.2) is 21.3 Å². The number of hydrogen-bond donors (Lipinski definition) is 2. The average molecular weight is 366 g/mol. The Morgan fingerprint density at radius 1 is 1.08 bits per heavy atom. The zero-order valence-electron chi connectivity index (χ0n) is 11.9. The normalized spacial score (nSPS) is 10.6. The first kappa shape index (κ1) is 16.2. The van der Waals surface area contributed by atoms with Gasteiger partial charge in [0.1, 0.15) is 0 Å². The Morgan fingerprint density at radius 2 is 1.88 bits per heavy atom. The first-order valence-corrected chi connectivity index (χ1v) is 7.35. The van der Waals surface area contributed by atoms with Crippen molar-refractivity contribution in [2.24, 2.45) is 0 Å². The molecular weight excluding hydrogens is 357 g/mol. The van der Waals surface area contributed by atoms with Crippen LogP contribution in [0.5, 0.6) is 17.2 Å². The van der Waals surface area contributed by atoms with E-state index in [1.807, 2.05) is 0 Å². The number of phenols is 2. The van der Waals surface area contributed by atoms with Crippen LogP contribution in [0.2, 0.25) is 10.0 Å². The fourth-order valence-corrected chi connectivity index (χ4v) is 2.54. The smallest absolute Gasteiger partial charge is 0.343 e. The molecule has 0 fully saturated rings. The standard InChI is InChI=1S/C16H9Cl2NO5/c17-9-6-10(14-3-4-19-24-14)15(11(18)7-9)23-16(22)8-1-2-12(20)13(21)5-8/h1-7,20-21H. The Bertz CT molecular complexity index is 909. The van der Waals surface area contributed by atoms with Gasteiger partial charge in [-0.2, -0.15) is 0 Å². The van der Waals surface area contributed by atoms with Crippen molar-refractivity contribution in [3.05, 3.63) is 58.2 Å². The summed E-state index contributed by atoms with van der Waals surface area (Å²) in [7, 11) is 0. The lowest BCUT2D eigenvalue weighted by atomic mass is 10.1. The van der Waals surface area contributed by atoms with Gasteiger partial charge >= 0.3 is 5.97 Å². The molecule has 1 heterocycles. The third kappa shape index (κ3) is 3.15. The minimum absolute atomic E-state index is 0.0276. The molecule has 0 saturated carbocycles. The van der Waals surface area contributed by atoms with E-state index in [-0.39, 0.29) is 22.1 Å². The number of benzene rings is 2. The zero-order chi connectivity index (χ0) is 17.3. The fourth-order valence-electron chi connectivity index (χ4n) is 2.00. The molecule has 24 heavy (non-hydrogen) atoms. The van der Waals surface area contributed by atoms with E-state index in [0.29, 0.717) is 16.3 Å². The highest BCUT2D eigenvalue weighted by molar-refractivity contribution is 6.36. The summed E-state index contributed by atoms with van der Waals surface area (Å²) in [6.45, 7) is 0. The van der Waals surface area contributed by atoms with Crippen LogP contribution >= 0.6 is 23.2 Å². The monoisotopic (exact) mass is 365 g/mol. The van der Waals surface area contributed by atoms with Crippen LogP contribution in [0.1, 0.15) is 10.4 Å². The molecule has 0 bridgehead atoms. The zero-order valence-corrected chi connectivity index (χ0v) is 13.4. The number of aromatic hydroxyl groups is 2. The summed E-state index contributed by atoms with van der Waals surface area (Å²) >= 11 is 12.1. The molecule has 0 spiro atoms. The van der Waals surface area contributed by atoms with Crippen molar-refractivity contribution in [2.45, 2.75) is 0 Å². The molecule has 0 radical (unpaired) electrons. The van der Waals surface area contributed by atoms with E-state index < -0.39 is 11.7 Å². The number of carbonyl (C=O) groups is 1. The number of phenolic OH excluding ortho intramolecular Hbond substituents is 2. The first-order chi connectivity index (χ1) is 11.5. The number of nitrogens with zero attached hydrogens (tertiary/aromatic N) is 1. The van der Waals surface area contributed by atoms with Gasteiger partial charge in [-0.25, -0.2) is 4.79 Å². The molecule has 0 amide bonds. The van der Waals surface area contributed by atoms with Gasteiger partial charge in [0, 0.05) is 11.1 Å². The molecule has 8 heteroatoms. The van der Waals surface area contributed by atoms with Crippen molar-refractivity contribution in [3.63, 3.8) is 0 Å². The van der Waals surface area contributed by atoms with Crippen molar-refractivity contribution in [1.29, 1.82) is 0 Å². The Balaban J connectivity index is 2.00. The number of ether oxygens (including phenoxy) is 1. The van der Waals surface area contributed by atoms with Crippen molar-refractivity contribution >= 4 is 29.2 Å². The van der Waals surface area contributed by atoms with Crippen LogP contribution in [0.3, 0.4) is 0 Å². The van der Waals surface area contributed by atoms with Gasteiger partial charge in [-0.05, 0) is 30.3 Å². The van der Waals surface area contributed by atoms with Gasteiger partial charge in [0.15, 0.2) is 23.0 Å². The van der Waals surface area contributed by atoms with E-state index in [1.165, 1.54) is 30.5 Å². The fraction of sp³-hybridized carbons (Fsp3) is 0. The lowest BCUT2D eigenvalue weighted by Crippen LogP contribution is -2.09. The molecule has 0 atom stereocenters. The summed E-state index contributed by atoms with van der Waals surface area (Å²) < 4.78 is 10.4. The van der Waals surface area contributed by atoms with Crippen LogP contribution in [0, 0.1) is 0 Å². The summed E-state index contributed by atoms with van der Waals surface area (Å²) in [5.41, 5.74) is 0.376. The van der Waals surface area contributed by atoms with Crippen molar-refractivity contribution < 1.29 is 24.3 Å². The van der Waals surface area contributed by atoms with Crippen LogP contribution in [-0.2, 0) is 0 Å². The van der Waals surface area contributed by atoms with E-state index in [1.54, 1.807) is 6.07 Å². The number of halogens is 2. The van der Waals surface area contributed by atoms with E-state index >= 15 is 0 Å². The van der Waals surface area contributed by atoms with Gasteiger partial charge in [-0.3, -0.25) is 0 Å². The first-order valence-electron chi connectivity index (χ1n) is 6.60.